The van der Waals surface area contributed by atoms with Crippen LogP contribution in [0.5, 0.6) is 0 Å². The van der Waals surface area contributed by atoms with Crippen molar-refractivity contribution < 1.29 is 14.1 Å². The van der Waals surface area contributed by atoms with Gasteiger partial charge in [-0.2, -0.15) is 0 Å². The summed E-state index contributed by atoms with van der Waals surface area (Å²) in [6.45, 7) is 9.79. The minimum absolute atomic E-state index is 0.111. The van der Waals surface area contributed by atoms with Gasteiger partial charge in [-0.15, -0.1) is 0 Å². The van der Waals surface area contributed by atoms with E-state index in [1.54, 1.807) is 12.3 Å². The number of pyridine rings is 1. The molecule has 23 heavy (non-hydrogen) atoms. The van der Waals surface area contributed by atoms with Gasteiger partial charge in [-0.1, -0.05) is 17.7 Å². The van der Waals surface area contributed by atoms with Gasteiger partial charge < -0.3 is 14.6 Å². The molecule has 2 heterocycles. The summed E-state index contributed by atoms with van der Waals surface area (Å²) in [5.41, 5.74) is 0.812. The molecular weight excluding hydrogens is 314 g/mol. The van der Waals surface area contributed by atoms with Crippen molar-refractivity contribution in [1.82, 2.24) is 10.3 Å². The molecule has 1 aromatic rings. The molecule has 124 valence electrons. The van der Waals surface area contributed by atoms with Crippen molar-refractivity contribution in [2.45, 2.75) is 45.8 Å². The maximum absolute atomic E-state index is 11.3. The van der Waals surface area contributed by atoms with E-state index in [-0.39, 0.29) is 5.91 Å². The Hall–Kier alpha value is -1.37. The number of carbonyl (C=O) groups is 1. The lowest BCUT2D eigenvalue weighted by Gasteiger charge is -2.32. The summed E-state index contributed by atoms with van der Waals surface area (Å²) in [5, 5.41) is 3.21. The van der Waals surface area contributed by atoms with Crippen LogP contribution >= 0.6 is 11.6 Å². The first-order chi connectivity index (χ1) is 10.6. The third kappa shape index (κ3) is 4.34. The zero-order chi connectivity index (χ0) is 17.3. The number of halogens is 1. The summed E-state index contributed by atoms with van der Waals surface area (Å²) in [5.74, 6) is -0.111. The predicted molar refractivity (Wildman–Crippen MR) is 92.0 cm³/mol. The van der Waals surface area contributed by atoms with Crippen molar-refractivity contribution in [3.8, 4) is 0 Å². The van der Waals surface area contributed by atoms with Crippen molar-refractivity contribution in [1.29, 1.82) is 0 Å². The van der Waals surface area contributed by atoms with Gasteiger partial charge in [0.05, 0.1) is 11.2 Å². The Morgan fingerprint density at radius 2 is 1.96 bits per heavy atom. The van der Waals surface area contributed by atoms with Crippen molar-refractivity contribution in [3.05, 3.63) is 34.5 Å². The second-order valence-corrected chi connectivity index (χ2v) is 7.02. The van der Waals surface area contributed by atoms with Gasteiger partial charge in [0.2, 0.25) is 5.91 Å². The Balaban J connectivity index is 2.30. The van der Waals surface area contributed by atoms with Crippen LogP contribution in [-0.2, 0) is 14.1 Å². The lowest BCUT2D eigenvalue weighted by atomic mass is 9.77. The molecule has 1 aliphatic heterocycles. The van der Waals surface area contributed by atoms with E-state index < -0.39 is 18.3 Å². The highest BCUT2D eigenvalue weighted by Gasteiger charge is 2.52. The van der Waals surface area contributed by atoms with Gasteiger partial charge in [0.15, 0.2) is 0 Å². The number of carbonyl (C=O) groups excluding carboxylic acids is 1. The van der Waals surface area contributed by atoms with Crippen LogP contribution in [0.2, 0.25) is 5.15 Å². The monoisotopic (exact) mass is 336 g/mol. The molecule has 0 saturated carbocycles. The standard InChI is InChI=1S/C16H22BClN2O3/c1-11(21)20-10-13(8-12-6-7-19-14(18)9-12)17-22-15(2,3)16(4,5)23-17/h6-9H,10H2,1-5H3,(H,20,21). The second-order valence-electron chi connectivity index (χ2n) is 6.63. The van der Waals surface area contributed by atoms with Crippen LogP contribution in [0.15, 0.2) is 23.8 Å². The van der Waals surface area contributed by atoms with Gasteiger partial charge in [0.1, 0.15) is 5.15 Å². The molecule has 0 radical (unpaired) electrons. The molecule has 0 spiro atoms. The van der Waals surface area contributed by atoms with Crippen molar-refractivity contribution in [2.24, 2.45) is 0 Å². The normalized spacial score (nSPS) is 19.7. The fraction of sp³-hybridized carbons (Fsp3) is 0.500. The molecule has 1 amide bonds. The van der Waals surface area contributed by atoms with E-state index in [9.17, 15) is 4.79 Å². The molecule has 1 aliphatic rings. The average molecular weight is 337 g/mol. The summed E-state index contributed by atoms with van der Waals surface area (Å²) in [6, 6.07) is 3.59. The first-order valence-electron chi connectivity index (χ1n) is 7.53. The van der Waals surface area contributed by atoms with E-state index in [4.69, 9.17) is 20.9 Å². The van der Waals surface area contributed by atoms with Gasteiger partial charge in [-0.3, -0.25) is 4.79 Å². The Labute approximate surface area is 142 Å². The van der Waals surface area contributed by atoms with Gasteiger partial charge in [-0.25, -0.2) is 4.98 Å². The number of nitrogens with zero attached hydrogens (tertiary/aromatic N) is 1. The number of hydrogen-bond acceptors (Lipinski definition) is 4. The smallest absolute Gasteiger partial charge is 0.400 e. The fourth-order valence-corrected chi connectivity index (χ4v) is 2.33. The van der Waals surface area contributed by atoms with Crippen molar-refractivity contribution in [2.75, 3.05) is 6.54 Å². The van der Waals surface area contributed by atoms with E-state index in [0.717, 1.165) is 11.0 Å². The topological polar surface area (TPSA) is 60.5 Å². The highest BCUT2D eigenvalue weighted by molar-refractivity contribution is 6.56. The summed E-state index contributed by atoms with van der Waals surface area (Å²) >= 11 is 5.93. The van der Waals surface area contributed by atoms with Crippen LogP contribution in [0.3, 0.4) is 0 Å². The first-order valence-corrected chi connectivity index (χ1v) is 7.91. The van der Waals surface area contributed by atoms with E-state index in [1.165, 1.54) is 6.92 Å². The number of nitrogens with one attached hydrogen (secondary N) is 1. The molecule has 2 rings (SSSR count). The Morgan fingerprint density at radius 1 is 1.35 bits per heavy atom. The Bertz CT molecular complexity index is 616. The fourth-order valence-electron chi connectivity index (χ4n) is 2.14. The highest BCUT2D eigenvalue weighted by Crippen LogP contribution is 2.38. The molecule has 7 heteroatoms. The number of amides is 1. The zero-order valence-electron chi connectivity index (χ0n) is 14.1. The number of rotatable bonds is 4. The maximum atomic E-state index is 11.3. The van der Waals surface area contributed by atoms with Crippen molar-refractivity contribution in [3.63, 3.8) is 0 Å². The van der Waals surface area contributed by atoms with E-state index in [0.29, 0.717) is 11.7 Å². The maximum Gasteiger partial charge on any atom is 0.492 e. The van der Waals surface area contributed by atoms with Gasteiger partial charge in [-0.05, 0) is 50.9 Å². The molecule has 0 aliphatic carbocycles. The summed E-state index contributed by atoms with van der Waals surface area (Å²) in [7, 11) is -0.529. The summed E-state index contributed by atoms with van der Waals surface area (Å²) < 4.78 is 12.1. The minimum Gasteiger partial charge on any atom is -0.400 e. The van der Waals surface area contributed by atoms with E-state index in [2.05, 4.69) is 10.3 Å². The SMILES string of the molecule is CC(=O)NCC(=Cc1ccnc(Cl)c1)B1OC(C)(C)C(C)(C)O1. The highest BCUT2D eigenvalue weighted by atomic mass is 35.5. The summed E-state index contributed by atoms with van der Waals surface area (Å²) in [4.78, 5) is 15.2. The average Bonchev–Trinajstić information content (AvgIpc) is 2.63. The van der Waals surface area contributed by atoms with Crippen LogP contribution in [-0.4, -0.2) is 35.8 Å². The van der Waals surface area contributed by atoms with Crippen LogP contribution < -0.4 is 5.32 Å². The molecule has 0 bridgehead atoms. The van der Waals surface area contributed by atoms with E-state index in [1.807, 2.05) is 39.8 Å². The molecule has 1 N–H and O–H groups in total. The van der Waals surface area contributed by atoms with Gasteiger partial charge >= 0.3 is 7.12 Å². The lowest BCUT2D eigenvalue weighted by molar-refractivity contribution is -0.118. The third-order valence-electron chi connectivity index (χ3n) is 4.20. The molecule has 1 saturated heterocycles. The zero-order valence-corrected chi connectivity index (χ0v) is 14.9. The summed E-state index contributed by atoms with van der Waals surface area (Å²) in [6.07, 6.45) is 3.54. The minimum atomic E-state index is -0.529. The molecule has 5 nitrogen and oxygen atoms in total. The van der Waals surface area contributed by atoms with Gasteiger partial charge in [0, 0.05) is 19.7 Å². The van der Waals surface area contributed by atoms with Gasteiger partial charge in [0.25, 0.3) is 0 Å². The molecule has 0 unspecified atom stereocenters. The molecule has 0 aromatic carbocycles. The first kappa shape index (κ1) is 18.0. The Kier molecular flexibility index (Phi) is 5.18. The van der Waals surface area contributed by atoms with Crippen LogP contribution in [0, 0.1) is 0 Å². The second kappa shape index (κ2) is 6.63. The largest absolute Gasteiger partial charge is 0.492 e. The van der Waals surface area contributed by atoms with E-state index >= 15 is 0 Å². The third-order valence-corrected chi connectivity index (χ3v) is 4.41. The molecule has 1 aromatic heterocycles. The predicted octanol–water partition coefficient (Wildman–Crippen LogP) is 2.89. The van der Waals surface area contributed by atoms with Crippen LogP contribution in [0.25, 0.3) is 6.08 Å². The molecular formula is C16H22BClN2O3. The number of hydrogen-bond donors (Lipinski definition) is 1. The lowest BCUT2D eigenvalue weighted by Crippen LogP contribution is -2.41. The van der Waals surface area contributed by atoms with Crippen molar-refractivity contribution >= 4 is 30.7 Å². The number of aromatic nitrogens is 1. The quantitative estimate of drug-likeness (QED) is 0.678. The Morgan fingerprint density at radius 3 is 2.48 bits per heavy atom. The van der Waals surface area contributed by atoms with Crippen LogP contribution in [0.4, 0.5) is 0 Å². The van der Waals surface area contributed by atoms with Crippen LogP contribution in [0.1, 0.15) is 40.2 Å². The molecule has 1 fully saturated rings. The molecule has 0 atom stereocenters.